The van der Waals surface area contributed by atoms with Crippen molar-refractivity contribution in [2.45, 2.75) is 37.9 Å². The quantitative estimate of drug-likeness (QED) is 0.474. The second-order valence-corrected chi connectivity index (χ2v) is 5.10. The summed E-state index contributed by atoms with van der Waals surface area (Å²) in [6.45, 7) is 4.29. The zero-order chi connectivity index (χ0) is 14.0. The van der Waals surface area contributed by atoms with Crippen LogP contribution in [0.4, 0.5) is 5.69 Å². The first-order valence-electron chi connectivity index (χ1n) is 6.20. The maximum Gasteiger partial charge on any atom is 0.269 e. The van der Waals surface area contributed by atoms with E-state index >= 15 is 0 Å². The number of alkyl halides is 1. The number of hydrogen-bond donors (Lipinski definition) is 0. The van der Waals surface area contributed by atoms with Crippen molar-refractivity contribution < 1.29 is 14.4 Å². The average molecular weight is 286 g/mol. The molecule has 1 aliphatic rings. The number of nitro benzene ring substituents is 1. The summed E-state index contributed by atoms with van der Waals surface area (Å²) in [5.41, 5.74) is 0.803. The Morgan fingerprint density at radius 3 is 2.79 bits per heavy atom. The lowest BCUT2D eigenvalue weighted by Gasteiger charge is -2.40. The number of rotatable bonds is 5. The van der Waals surface area contributed by atoms with Crippen LogP contribution in [0.15, 0.2) is 18.2 Å². The molecule has 0 spiro atoms. The molecule has 6 heteroatoms. The molecular weight excluding hydrogens is 270 g/mol. The number of non-ortho nitro benzene ring substituents is 1. The van der Waals surface area contributed by atoms with Crippen molar-refractivity contribution in [3.63, 3.8) is 0 Å². The molecule has 1 fully saturated rings. The number of nitro groups is 1. The highest BCUT2D eigenvalue weighted by Gasteiger charge is 2.42. The van der Waals surface area contributed by atoms with Crippen LogP contribution in [0.25, 0.3) is 0 Å². The minimum atomic E-state index is -0.419. The smallest absolute Gasteiger partial charge is 0.269 e. The summed E-state index contributed by atoms with van der Waals surface area (Å²) in [5, 5.41) is 10.6. The molecule has 0 amide bonds. The molecule has 19 heavy (non-hydrogen) atoms. The lowest BCUT2D eigenvalue weighted by atomic mass is 9.91. The first-order chi connectivity index (χ1) is 9.02. The van der Waals surface area contributed by atoms with Crippen LogP contribution in [0.5, 0.6) is 5.75 Å². The number of hydrogen-bond acceptors (Lipinski definition) is 4. The largest absolute Gasteiger partial charge is 0.487 e. The lowest BCUT2D eigenvalue weighted by Crippen LogP contribution is -2.52. The van der Waals surface area contributed by atoms with Crippen LogP contribution >= 0.6 is 11.6 Å². The summed E-state index contributed by atoms with van der Waals surface area (Å²) in [6, 6.07) is 4.56. The third-order valence-corrected chi connectivity index (χ3v) is 3.61. The molecule has 0 aromatic heterocycles. The molecule has 0 radical (unpaired) electrons. The second kappa shape index (κ2) is 5.75. The maximum atomic E-state index is 10.7. The van der Waals surface area contributed by atoms with Crippen molar-refractivity contribution >= 4 is 17.3 Å². The van der Waals surface area contributed by atoms with Crippen molar-refractivity contribution in [3.05, 3.63) is 33.9 Å². The van der Waals surface area contributed by atoms with Gasteiger partial charge < -0.3 is 9.47 Å². The van der Waals surface area contributed by atoms with E-state index in [1.54, 1.807) is 13.0 Å². The molecule has 0 saturated heterocycles. The number of nitrogens with zero attached hydrogens (tertiary/aromatic N) is 1. The summed E-state index contributed by atoms with van der Waals surface area (Å²) in [7, 11) is 0. The average Bonchev–Trinajstić information content (AvgIpc) is 2.37. The highest BCUT2D eigenvalue weighted by molar-refractivity contribution is 6.21. The summed E-state index contributed by atoms with van der Waals surface area (Å²) in [4.78, 5) is 10.2. The van der Waals surface area contributed by atoms with Gasteiger partial charge in [-0.15, -0.1) is 11.6 Å². The Labute approximate surface area is 116 Å². The third kappa shape index (κ3) is 2.98. The first-order valence-corrected chi connectivity index (χ1v) is 6.64. The Balaban J connectivity index is 2.05. The molecule has 0 bridgehead atoms. The Hall–Kier alpha value is -1.33. The zero-order valence-corrected chi connectivity index (χ0v) is 11.6. The molecule has 3 unspecified atom stereocenters. The van der Waals surface area contributed by atoms with Gasteiger partial charge in [-0.25, -0.2) is 0 Å². The molecular formula is C13H16ClNO4. The molecule has 0 aliphatic heterocycles. The number of benzene rings is 1. The van der Waals surface area contributed by atoms with Gasteiger partial charge in [0.05, 0.1) is 10.3 Å². The molecule has 104 valence electrons. The van der Waals surface area contributed by atoms with E-state index in [1.165, 1.54) is 12.1 Å². The first kappa shape index (κ1) is 14.1. The van der Waals surface area contributed by atoms with E-state index in [2.05, 4.69) is 0 Å². The van der Waals surface area contributed by atoms with Gasteiger partial charge in [0.1, 0.15) is 18.0 Å². The highest BCUT2D eigenvalue weighted by Crippen LogP contribution is 2.34. The number of ether oxygens (including phenoxy) is 2. The molecule has 1 aromatic rings. The van der Waals surface area contributed by atoms with Crippen molar-refractivity contribution in [2.75, 3.05) is 6.61 Å². The fraction of sp³-hybridized carbons (Fsp3) is 0.538. The fourth-order valence-corrected chi connectivity index (χ4v) is 2.50. The summed E-state index contributed by atoms with van der Waals surface area (Å²) >= 11 is 6.07. The molecule has 0 N–H and O–H groups in total. The van der Waals surface area contributed by atoms with Crippen LogP contribution < -0.4 is 4.74 Å². The van der Waals surface area contributed by atoms with Gasteiger partial charge >= 0.3 is 0 Å². The van der Waals surface area contributed by atoms with E-state index < -0.39 is 4.92 Å². The Kier molecular flexibility index (Phi) is 4.27. The predicted molar refractivity (Wildman–Crippen MR) is 71.9 cm³/mol. The number of halogens is 1. The van der Waals surface area contributed by atoms with Gasteiger partial charge in [-0.2, -0.15) is 0 Å². The Bertz CT molecular complexity index is 480. The normalized spacial score (nSPS) is 25.7. The van der Waals surface area contributed by atoms with Crippen LogP contribution in [0.3, 0.4) is 0 Å². The van der Waals surface area contributed by atoms with E-state index in [9.17, 15) is 10.1 Å². The number of aryl methyl sites for hydroxylation is 1. The van der Waals surface area contributed by atoms with Gasteiger partial charge in [0.2, 0.25) is 0 Å². The van der Waals surface area contributed by atoms with Crippen LogP contribution in [0.2, 0.25) is 0 Å². The van der Waals surface area contributed by atoms with Gasteiger partial charge in [-0.1, -0.05) is 0 Å². The van der Waals surface area contributed by atoms with Crippen molar-refractivity contribution in [3.8, 4) is 5.75 Å². The minimum absolute atomic E-state index is 0.0247. The van der Waals surface area contributed by atoms with Gasteiger partial charge in [0.15, 0.2) is 0 Å². The van der Waals surface area contributed by atoms with Gasteiger partial charge in [0, 0.05) is 25.2 Å². The van der Waals surface area contributed by atoms with E-state index in [-0.39, 0.29) is 23.3 Å². The van der Waals surface area contributed by atoms with Crippen LogP contribution in [0.1, 0.15) is 18.9 Å². The minimum Gasteiger partial charge on any atom is -0.487 e. The fourth-order valence-electron chi connectivity index (χ4n) is 2.09. The van der Waals surface area contributed by atoms with Gasteiger partial charge in [-0.05, 0) is 25.5 Å². The molecule has 3 atom stereocenters. The molecule has 1 saturated carbocycles. The van der Waals surface area contributed by atoms with Crippen molar-refractivity contribution in [2.24, 2.45) is 0 Å². The van der Waals surface area contributed by atoms with Crippen LogP contribution in [-0.2, 0) is 4.74 Å². The molecule has 1 aromatic carbocycles. The summed E-state index contributed by atoms with van der Waals surface area (Å²) < 4.78 is 11.3. The van der Waals surface area contributed by atoms with Crippen LogP contribution in [-0.4, -0.2) is 29.1 Å². The topological polar surface area (TPSA) is 61.6 Å². The van der Waals surface area contributed by atoms with Crippen molar-refractivity contribution in [1.82, 2.24) is 0 Å². The lowest BCUT2D eigenvalue weighted by molar-refractivity contribution is -0.384. The van der Waals surface area contributed by atoms with E-state index in [4.69, 9.17) is 21.1 Å². The molecule has 1 aliphatic carbocycles. The Morgan fingerprint density at radius 2 is 2.26 bits per heavy atom. The second-order valence-electron chi connectivity index (χ2n) is 4.53. The van der Waals surface area contributed by atoms with Crippen LogP contribution in [0, 0.1) is 17.0 Å². The van der Waals surface area contributed by atoms with Gasteiger partial charge in [0.25, 0.3) is 5.69 Å². The Morgan fingerprint density at radius 1 is 1.53 bits per heavy atom. The van der Waals surface area contributed by atoms with Gasteiger partial charge in [-0.3, -0.25) is 10.1 Å². The zero-order valence-electron chi connectivity index (χ0n) is 10.8. The highest BCUT2D eigenvalue weighted by atomic mass is 35.5. The third-order valence-electron chi connectivity index (χ3n) is 3.19. The summed E-state index contributed by atoms with van der Waals surface area (Å²) in [6.07, 6.45) is 0.534. The SMILES string of the molecule is CCOC1C(Cl)CC1Oc1ccc([N+](=O)[O-])cc1C. The van der Waals surface area contributed by atoms with E-state index in [0.717, 1.165) is 12.0 Å². The van der Waals surface area contributed by atoms with E-state index in [1.807, 2.05) is 6.92 Å². The standard InChI is InChI=1S/C13H16ClNO4/c1-3-18-13-10(14)7-12(13)19-11-5-4-9(15(16)17)6-8(11)2/h4-6,10,12-13H,3,7H2,1-2H3. The summed E-state index contributed by atoms with van der Waals surface area (Å²) in [5.74, 6) is 0.642. The molecule has 0 heterocycles. The van der Waals surface area contributed by atoms with E-state index in [0.29, 0.717) is 12.4 Å². The molecule has 2 rings (SSSR count). The maximum absolute atomic E-state index is 10.7. The molecule has 5 nitrogen and oxygen atoms in total. The predicted octanol–water partition coefficient (Wildman–Crippen LogP) is 3.07. The van der Waals surface area contributed by atoms with Crippen molar-refractivity contribution in [1.29, 1.82) is 0 Å². The monoisotopic (exact) mass is 285 g/mol.